The Labute approximate surface area is 228 Å². The second-order valence-corrected chi connectivity index (χ2v) is 14.5. The average Bonchev–Trinajstić information content (AvgIpc) is 2.85. The number of fused-ring (bicyclic) bond motifs is 2. The van der Waals surface area contributed by atoms with Gasteiger partial charge in [0.2, 0.25) is 20.0 Å². The molecule has 0 bridgehead atoms. The molecule has 1 heterocycles. The highest BCUT2D eigenvalue weighted by atomic mass is 32.3. The first-order valence-electron chi connectivity index (χ1n) is 12.1. The number of aromatic nitrogens is 1. The number of nitrogens with zero attached hydrogens (tertiary/aromatic N) is 2. The maximum Gasteiger partial charge on any atom is 0.354 e. The summed E-state index contributed by atoms with van der Waals surface area (Å²) in [5.41, 5.74) is 2.20. The van der Waals surface area contributed by atoms with E-state index in [0.29, 0.717) is 25.9 Å². The van der Waals surface area contributed by atoms with Gasteiger partial charge in [-0.15, -0.1) is 0 Å². The van der Waals surface area contributed by atoms with Crippen molar-refractivity contribution in [1.29, 1.82) is 0 Å². The Bertz CT molecular complexity index is 1790. The van der Waals surface area contributed by atoms with Crippen LogP contribution in [-0.2, 0) is 33.7 Å². The van der Waals surface area contributed by atoms with Gasteiger partial charge in [-0.3, -0.25) is 4.57 Å². The zero-order valence-electron chi connectivity index (χ0n) is 21.9. The molecule has 0 fully saturated rings. The van der Waals surface area contributed by atoms with Crippen LogP contribution < -0.4 is 3.71 Å². The molecular formula is C27H29N2O7PS2. The zero-order chi connectivity index (χ0) is 28.4. The Morgan fingerprint density at radius 2 is 1.46 bits per heavy atom. The SMILES string of the molecule is CCOP(=O)(/C=C/c1ccc2cc(N(S(C)(=O)=O)S(C)(=O)=O)cc(-c3cccc4ccccc34)c2n1)OCC. The van der Waals surface area contributed by atoms with Crippen LogP contribution in [0.15, 0.2) is 72.5 Å². The van der Waals surface area contributed by atoms with Crippen LogP contribution in [-0.4, -0.2) is 47.5 Å². The fourth-order valence-corrected chi connectivity index (χ4v) is 8.62. The first-order chi connectivity index (χ1) is 18.4. The van der Waals surface area contributed by atoms with Crippen molar-refractivity contribution in [2.75, 3.05) is 29.4 Å². The molecule has 9 nitrogen and oxygen atoms in total. The summed E-state index contributed by atoms with van der Waals surface area (Å²) in [4.78, 5) is 4.77. The zero-order valence-corrected chi connectivity index (χ0v) is 24.5. The first-order valence-corrected chi connectivity index (χ1v) is 17.4. The van der Waals surface area contributed by atoms with E-state index in [2.05, 4.69) is 0 Å². The summed E-state index contributed by atoms with van der Waals surface area (Å²) < 4.78 is 74.3. The minimum Gasteiger partial charge on any atom is -0.306 e. The number of sulfonamides is 2. The Morgan fingerprint density at radius 3 is 2.10 bits per heavy atom. The van der Waals surface area contributed by atoms with Crippen LogP contribution >= 0.6 is 7.60 Å². The van der Waals surface area contributed by atoms with E-state index in [-0.39, 0.29) is 18.9 Å². The van der Waals surface area contributed by atoms with Gasteiger partial charge in [0.25, 0.3) is 0 Å². The molecule has 0 amide bonds. The molecule has 0 radical (unpaired) electrons. The molecule has 0 atom stereocenters. The maximum atomic E-state index is 12.9. The molecule has 39 heavy (non-hydrogen) atoms. The number of hydrogen-bond donors (Lipinski definition) is 0. The minimum absolute atomic E-state index is 0.0299. The third kappa shape index (κ3) is 6.40. The molecular weight excluding hydrogens is 559 g/mol. The standard InChI is InChI=1S/C27H29N2O7PS2/c1-5-35-37(30,36-6-2)17-16-22-15-14-21-18-23(29(38(3,31)32)39(4,33)34)19-26(27(21)28-22)25-13-9-11-20-10-7-8-12-24(20)25/h7-19H,5-6H2,1-4H3/b17-16+. The van der Waals surface area contributed by atoms with Gasteiger partial charge in [0.05, 0.1) is 42.6 Å². The Hall–Kier alpha value is -3.08. The lowest BCUT2D eigenvalue weighted by Gasteiger charge is -2.22. The topological polar surface area (TPSA) is 120 Å². The first kappa shape index (κ1) is 28.9. The normalized spacial score (nSPS) is 12.9. The average molecular weight is 589 g/mol. The van der Waals surface area contributed by atoms with Crippen LogP contribution in [0.3, 0.4) is 0 Å². The lowest BCUT2D eigenvalue weighted by Crippen LogP contribution is -2.35. The number of pyridine rings is 1. The lowest BCUT2D eigenvalue weighted by molar-refractivity contribution is 0.229. The molecule has 206 valence electrons. The van der Waals surface area contributed by atoms with Crippen molar-refractivity contribution in [3.05, 3.63) is 78.2 Å². The number of rotatable bonds is 10. The number of hydrogen-bond acceptors (Lipinski definition) is 8. The van der Waals surface area contributed by atoms with Crippen molar-refractivity contribution in [2.45, 2.75) is 13.8 Å². The van der Waals surface area contributed by atoms with Crippen LogP contribution in [0.5, 0.6) is 0 Å². The molecule has 0 aliphatic heterocycles. The summed E-state index contributed by atoms with van der Waals surface area (Å²) in [5.74, 6) is 1.36. The van der Waals surface area contributed by atoms with Crippen molar-refractivity contribution >= 4 is 61.1 Å². The quantitative estimate of drug-likeness (QED) is 0.206. The van der Waals surface area contributed by atoms with E-state index >= 15 is 0 Å². The van der Waals surface area contributed by atoms with Gasteiger partial charge in [-0.2, -0.15) is 3.71 Å². The van der Waals surface area contributed by atoms with Crippen molar-refractivity contribution in [3.63, 3.8) is 0 Å². The van der Waals surface area contributed by atoms with Gasteiger partial charge >= 0.3 is 7.60 Å². The van der Waals surface area contributed by atoms with Crippen molar-refractivity contribution in [2.24, 2.45) is 0 Å². The molecule has 0 saturated heterocycles. The third-order valence-electron chi connectivity index (χ3n) is 5.74. The van der Waals surface area contributed by atoms with Gasteiger partial charge in [0, 0.05) is 16.8 Å². The summed E-state index contributed by atoms with van der Waals surface area (Å²) in [6.07, 6.45) is 3.24. The van der Waals surface area contributed by atoms with Crippen LogP contribution in [0.1, 0.15) is 19.5 Å². The highest BCUT2D eigenvalue weighted by molar-refractivity contribution is 8.09. The van der Waals surface area contributed by atoms with Gasteiger partial charge in [-0.05, 0) is 54.5 Å². The Balaban J connectivity index is 2.02. The molecule has 0 N–H and O–H groups in total. The molecule has 0 aliphatic carbocycles. The minimum atomic E-state index is -4.17. The molecule has 0 unspecified atom stereocenters. The molecule has 12 heteroatoms. The predicted octanol–water partition coefficient (Wildman–Crippen LogP) is 6.02. The van der Waals surface area contributed by atoms with Crippen molar-refractivity contribution in [3.8, 4) is 11.1 Å². The monoisotopic (exact) mass is 588 g/mol. The van der Waals surface area contributed by atoms with E-state index in [1.54, 1.807) is 32.1 Å². The molecule has 1 aromatic heterocycles. The maximum absolute atomic E-state index is 12.9. The van der Waals surface area contributed by atoms with Crippen LogP contribution in [0, 0.1) is 0 Å². The summed E-state index contributed by atoms with van der Waals surface area (Å²) in [5, 5.41) is 2.34. The second kappa shape index (κ2) is 11.2. The van der Waals surface area contributed by atoms with E-state index < -0.39 is 27.6 Å². The smallest absolute Gasteiger partial charge is 0.306 e. The van der Waals surface area contributed by atoms with E-state index in [4.69, 9.17) is 14.0 Å². The summed E-state index contributed by atoms with van der Waals surface area (Å²) >= 11 is 0. The van der Waals surface area contributed by atoms with E-state index in [9.17, 15) is 21.4 Å². The Kier molecular flexibility index (Phi) is 8.30. The van der Waals surface area contributed by atoms with Crippen molar-refractivity contribution in [1.82, 2.24) is 4.98 Å². The number of benzene rings is 3. The van der Waals surface area contributed by atoms with E-state index in [1.807, 2.05) is 42.5 Å². The second-order valence-electron chi connectivity index (χ2n) is 8.74. The molecule has 4 rings (SSSR count). The van der Waals surface area contributed by atoms with Crippen LogP contribution in [0.2, 0.25) is 0 Å². The Morgan fingerprint density at radius 1 is 0.821 bits per heavy atom. The molecule has 0 aliphatic rings. The van der Waals surface area contributed by atoms with Gasteiger partial charge < -0.3 is 9.05 Å². The van der Waals surface area contributed by atoms with Gasteiger partial charge in [0.1, 0.15) is 0 Å². The molecule has 0 spiro atoms. The third-order valence-corrected chi connectivity index (χ3v) is 10.7. The van der Waals surface area contributed by atoms with Crippen molar-refractivity contribution < 1.29 is 30.4 Å². The van der Waals surface area contributed by atoms with Gasteiger partial charge in [-0.1, -0.05) is 48.5 Å². The van der Waals surface area contributed by atoms with Gasteiger partial charge in [-0.25, -0.2) is 21.8 Å². The lowest BCUT2D eigenvalue weighted by atomic mass is 9.95. The summed E-state index contributed by atoms with van der Waals surface area (Å²) in [6, 6.07) is 19.7. The highest BCUT2D eigenvalue weighted by Crippen LogP contribution is 2.50. The fourth-order valence-electron chi connectivity index (χ4n) is 4.38. The molecule has 3 aromatic carbocycles. The molecule has 0 saturated carbocycles. The number of anilines is 1. The van der Waals surface area contributed by atoms with Crippen LogP contribution in [0.25, 0.3) is 38.9 Å². The van der Waals surface area contributed by atoms with E-state index in [0.717, 1.165) is 28.8 Å². The molecule has 4 aromatic rings. The largest absolute Gasteiger partial charge is 0.354 e. The summed E-state index contributed by atoms with van der Waals surface area (Å²) in [6.45, 7) is 3.85. The fraction of sp³-hybridized carbons (Fsp3) is 0.222. The predicted molar refractivity (Wildman–Crippen MR) is 157 cm³/mol. The van der Waals surface area contributed by atoms with Crippen LogP contribution in [0.4, 0.5) is 5.69 Å². The van der Waals surface area contributed by atoms with Gasteiger partial charge in [0.15, 0.2) is 0 Å². The summed E-state index contributed by atoms with van der Waals surface area (Å²) in [7, 11) is -11.8. The highest BCUT2D eigenvalue weighted by Gasteiger charge is 2.28. The van der Waals surface area contributed by atoms with E-state index in [1.165, 1.54) is 17.9 Å².